The van der Waals surface area contributed by atoms with Crippen molar-refractivity contribution in [2.75, 3.05) is 11.9 Å². The highest BCUT2D eigenvalue weighted by atomic mass is 35.5. The van der Waals surface area contributed by atoms with Gasteiger partial charge in [0.2, 0.25) is 5.91 Å². The Morgan fingerprint density at radius 2 is 2.38 bits per heavy atom. The lowest BCUT2D eigenvalue weighted by Crippen LogP contribution is -2.16. The van der Waals surface area contributed by atoms with E-state index in [0.717, 1.165) is 0 Å². The second-order valence-electron chi connectivity index (χ2n) is 2.37. The third kappa shape index (κ3) is 3.71. The molecule has 3 N–H and O–H groups in total. The Kier molecular flexibility index (Phi) is 3.45. The Hall–Kier alpha value is -1.36. The monoisotopic (exact) mass is 200 g/mol. The van der Waals surface area contributed by atoms with Gasteiger partial charge in [0, 0.05) is 13.0 Å². The fourth-order valence-corrected chi connectivity index (χ4v) is 0.889. The molecule has 5 nitrogen and oxygen atoms in total. The zero-order valence-electron chi connectivity index (χ0n) is 6.83. The number of hydrogen-bond donors (Lipinski definition) is 2. The summed E-state index contributed by atoms with van der Waals surface area (Å²) in [5, 5.41) is 3.17. The van der Waals surface area contributed by atoms with Crippen molar-refractivity contribution in [2.45, 2.75) is 6.42 Å². The van der Waals surface area contributed by atoms with Crippen LogP contribution in [0.25, 0.3) is 0 Å². The maximum absolute atomic E-state index is 10.4. The van der Waals surface area contributed by atoms with Gasteiger partial charge in [-0.05, 0) is 0 Å². The van der Waals surface area contributed by atoms with Crippen LogP contribution in [0.1, 0.15) is 6.42 Å². The van der Waals surface area contributed by atoms with Crippen molar-refractivity contribution in [3.8, 4) is 0 Å². The van der Waals surface area contributed by atoms with Gasteiger partial charge in [0.25, 0.3) is 0 Å². The first-order chi connectivity index (χ1) is 6.18. The number of nitrogens with two attached hydrogens (primary N) is 1. The molecule has 0 saturated carbocycles. The maximum atomic E-state index is 10.4. The molecule has 0 fully saturated rings. The van der Waals surface area contributed by atoms with Gasteiger partial charge in [-0.25, -0.2) is 4.98 Å². The molecule has 0 bridgehead atoms. The molecule has 1 heterocycles. The first-order valence-electron chi connectivity index (χ1n) is 3.68. The van der Waals surface area contributed by atoms with E-state index in [-0.39, 0.29) is 12.3 Å². The summed E-state index contributed by atoms with van der Waals surface area (Å²) in [6.45, 7) is 0.435. The van der Waals surface area contributed by atoms with Crippen LogP contribution in [-0.2, 0) is 4.79 Å². The molecular formula is C7H9ClN4O. The number of primary amides is 1. The molecule has 0 radical (unpaired) electrons. The normalized spacial score (nSPS) is 9.62. The number of nitrogens with one attached hydrogen (secondary N) is 1. The van der Waals surface area contributed by atoms with E-state index in [1.165, 1.54) is 12.4 Å². The molecule has 13 heavy (non-hydrogen) atoms. The summed E-state index contributed by atoms with van der Waals surface area (Å²) in [6, 6.07) is 0. The number of carbonyl (C=O) groups excluding carboxylic acids is 1. The number of halogens is 1. The molecule has 1 aromatic heterocycles. The molecule has 1 rings (SSSR count). The van der Waals surface area contributed by atoms with Crippen molar-refractivity contribution in [1.29, 1.82) is 0 Å². The quantitative estimate of drug-likeness (QED) is 0.738. The lowest BCUT2D eigenvalue weighted by molar-refractivity contribution is -0.117. The topological polar surface area (TPSA) is 80.9 Å². The maximum Gasteiger partial charge on any atom is 0.219 e. The molecule has 0 aromatic carbocycles. The number of carbonyl (C=O) groups is 1. The van der Waals surface area contributed by atoms with Gasteiger partial charge < -0.3 is 11.1 Å². The van der Waals surface area contributed by atoms with E-state index in [9.17, 15) is 4.79 Å². The SMILES string of the molecule is NC(=O)CCNc1cncc(Cl)n1. The number of rotatable bonds is 4. The van der Waals surface area contributed by atoms with Crippen LogP contribution in [0.4, 0.5) is 5.82 Å². The van der Waals surface area contributed by atoms with E-state index < -0.39 is 0 Å². The van der Waals surface area contributed by atoms with E-state index in [1.54, 1.807) is 0 Å². The summed E-state index contributed by atoms with van der Waals surface area (Å²) in [7, 11) is 0. The van der Waals surface area contributed by atoms with Gasteiger partial charge >= 0.3 is 0 Å². The molecular weight excluding hydrogens is 192 g/mol. The third-order valence-electron chi connectivity index (χ3n) is 1.28. The van der Waals surface area contributed by atoms with Crippen LogP contribution in [0.15, 0.2) is 12.4 Å². The van der Waals surface area contributed by atoms with E-state index in [4.69, 9.17) is 17.3 Å². The van der Waals surface area contributed by atoms with E-state index in [1.807, 2.05) is 0 Å². The lowest BCUT2D eigenvalue weighted by Gasteiger charge is -2.02. The number of aromatic nitrogens is 2. The molecule has 0 aliphatic rings. The molecule has 0 spiro atoms. The highest BCUT2D eigenvalue weighted by Crippen LogP contribution is 2.05. The fraction of sp³-hybridized carbons (Fsp3) is 0.286. The Balaban J connectivity index is 2.41. The highest BCUT2D eigenvalue weighted by Gasteiger charge is 1.97. The van der Waals surface area contributed by atoms with Gasteiger partial charge in [-0.2, -0.15) is 0 Å². The zero-order chi connectivity index (χ0) is 9.68. The van der Waals surface area contributed by atoms with E-state index in [0.29, 0.717) is 17.5 Å². The molecule has 0 saturated heterocycles. The summed E-state index contributed by atoms with van der Waals surface area (Å²) in [5.41, 5.74) is 4.95. The lowest BCUT2D eigenvalue weighted by atomic mass is 10.4. The standard InChI is InChI=1S/C7H9ClN4O/c8-5-3-10-4-7(12-5)11-2-1-6(9)13/h3-4H,1-2H2,(H2,9,13)(H,11,12). The summed E-state index contributed by atoms with van der Waals surface area (Å²) in [5.74, 6) is 0.177. The van der Waals surface area contributed by atoms with Crippen molar-refractivity contribution < 1.29 is 4.79 Å². The second-order valence-corrected chi connectivity index (χ2v) is 2.76. The smallest absolute Gasteiger partial charge is 0.219 e. The average Bonchev–Trinajstić information content (AvgIpc) is 2.03. The van der Waals surface area contributed by atoms with Gasteiger partial charge in [0.1, 0.15) is 11.0 Å². The van der Waals surface area contributed by atoms with Crippen LogP contribution in [-0.4, -0.2) is 22.4 Å². The van der Waals surface area contributed by atoms with Crippen molar-refractivity contribution in [1.82, 2.24) is 9.97 Å². The van der Waals surface area contributed by atoms with Gasteiger partial charge in [0.05, 0.1) is 12.4 Å². The van der Waals surface area contributed by atoms with Gasteiger partial charge in [0.15, 0.2) is 0 Å². The first kappa shape index (κ1) is 9.73. The summed E-state index contributed by atoms with van der Waals surface area (Å²) in [4.78, 5) is 18.1. The van der Waals surface area contributed by atoms with Crippen LogP contribution in [0.5, 0.6) is 0 Å². The van der Waals surface area contributed by atoms with Crippen molar-refractivity contribution in [3.05, 3.63) is 17.5 Å². The predicted molar refractivity (Wildman–Crippen MR) is 49.3 cm³/mol. The van der Waals surface area contributed by atoms with E-state index >= 15 is 0 Å². The summed E-state index contributed by atoms with van der Waals surface area (Å²) >= 11 is 5.58. The molecule has 6 heteroatoms. The van der Waals surface area contributed by atoms with Gasteiger partial charge in [-0.1, -0.05) is 11.6 Å². The minimum atomic E-state index is -0.359. The zero-order valence-corrected chi connectivity index (χ0v) is 7.58. The Morgan fingerprint density at radius 3 is 3.00 bits per heavy atom. The third-order valence-corrected chi connectivity index (χ3v) is 1.46. The van der Waals surface area contributed by atoms with Crippen LogP contribution < -0.4 is 11.1 Å². The second kappa shape index (κ2) is 4.61. The predicted octanol–water partition coefficient (Wildman–Crippen LogP) is 0.417. The molecule has 0 aliphatic heterocycles. The fourth-order valence-electron chi connectivity index (χ4n) is 0.741. The summed E-state index contributed by atoms with van der Waals surface area (Å²) < 4.78 is 0. The molecule has 1 amide bonds. The van der Waals surface area contributed by atoms with Crippen LogP contribution in [0, 0.1) is 0 Å². The minimum absolute atomic E-state index is 0.258. The van der Waals surface area contributed by atoms with Crippen molar-refractivity contribution in [2.24, 2.45) is 5.73 Å². The Labute approximate surface area is 80.3 Å². The number of nitrogens with zero attached hydrogens (tertiary/aromatic N) is 2. The molecule has 0 aliphatic carbocycles. The average molecular weight is 201 g/mol. The molecule has 0 unspecified atom stereocenters. The largest absolute Gasteiger partial charge is 0.370 e. The number of hydrogen-bond acceptors (Lipinski definition) is 4. The molecule has 1 aromatic rings. The van der Waals surface area contributed by atoms with Crippen LogP contribution in [0.2, 0.25) is 5.15 Å². The minimum Gasteiger partial charge on any atom is -0.370 e. The van der Waals surface area contributed by atoms with Crippen molar-refractivity contribution >= 4 is 23.3 Å². The van der Waals surface area contributed by atoms with E-state index in [2.05, 4.69) is 15.3 Å². The van der Waals surface area contributed by atoms with Gasteiger partial charge in [-0.3, -0.25) is 9.78 Å². The van der Waals surface area contributed by atoms with Gasteiger partial charge in [-0.15, -0.1) is 0 Å². The highest BCUT2D eigenvalue weighted by molar-refractivity contribution is 6.29. The van der Waals surface area contributed by atoms with Crippen molar-refractivity contribution in [3.63, 3.8) is 0 Å². The number of amides is 1. The van der Waals surface area contributed by atoms with Crippen LogP contribution in [0.3, 0.4) is 0 Å². The molecule has 0 atom stereocenters. The summed E-state index contributed by atoms with van der Waals surface area (Å²) in [6.07, 6.45) is 3.21. The molecule has 70 valence electrons. The first-order valence-corrected chi connectivity index (χ1v) is 4.06. The number of anilines is 1. The Morgan fingerprint density at radius 1 is 1.62 bits per heavy atom. The Bertz CT molecular complexity index is 304. The van der Waals surface area contributed by atoms with Crippen LogP contribution >= 0.6 is 11.6 Å².